The molecule has 33 heavy (non-hydrogen) atoms. The van der Waals surface area contributed by atoms with E-state index < -0.39 is 11.7 Å². The van der Waals surface area contributed by atoms with Crippen molar-refractivity contribution in [3.05, 3.63) is 36.0 Å². The van der Waals surface area contributed by atoms with Crippen molar-refractivity contribution in [1.29, 1.82) is 0 Å². The molecule has 0 spiro atoms. The van der Waals surface area contributed by atoms with Crippen LogP contribution in [-0.4, -0.2) is 51.9 Å². The lowest BCUT2D eigenvalue weighted by molar-refractivity contribution is -0.137. The molecular formula is C22H26F3N7O. The molecule has 0 saturated carbocycles. The van der Waals surface area contributed by atoms with Gasteiger partial charge in [-0.25, -0.2) is 9.97 Å². The molecule has 2 aromatic heterocycles. The van der Waals surface area contributed by atoms with Gasteiger partial charge in [-0.3, -0.25) is 4.57 Å². The third-order valence-corrected chi connectivity index (χ3v) is 6.11. The Bertz CT molecular complexity index is 1110. The van der Waals surface area contributed by atoms with Gasteiger partial charge in [0.2, 0.25) is 11.9 Å². The zero-order valence-corrected chi connectivity index (χ0v) is 18.0. The number of rotatable bonds is 5. The van der Waals surface area contributed by atoms with E-state index in [9.17, 15) is 13.2 Å². The molecule has 0 atom stereocenters. The number of nitrogens with zero attached hydrogens (tertiary/aromatic N) is 4. The molecule has 2 saturated heterocycles. The average molecular weight is 461 g/mol. The Morgan fingerprint density at radius 1 is 1.06 bits per heavy atom. The number of anilines is 3. The van der Waals surface area contributed by atoms with Crippen molar-refractivity contribution in [3.8, 4) is 0 Å². The highest BCUT2D eigenvalue weighted by molar-refractivity contribution is 5.76. The molecule has 0 bridgehead atoms. The van der Waals surface area contributed by atoms with Crippen LogP contribution in [0.5, 0.6) is 0 Å². The van der Waals surface area contributed by atoms with E-state index in [1.807, 2.05) is 4.57 Å². The minimum atomic E-state index is -4.41. The number of hydrogen-bond acceptors (Lipinski definition) is 7. The van der Waals surface area contributed by atoms with Gasteiger partial charge in [0.05, 0.1) is 11.8 Å². The maximum absolute atomic E-state index is 13.2. The fraction of sp³-hybridized carbons (Fsp3) is 0.500. The van der Waals surface area contributed by atoms with E-state index >= 15 is 0 Å². The Balaban J connectivity index is 1.50. The third kappa shape index (κ3) is 4.88. The van der Waals surface area contributed by atoms with Gasteiger partial charge in [-0.15, -0.1) is 0 Å². The number of halogens is 3. The Labute approximate surface area is 189 Å². The van der Waals surface area contributed by atoms with Gasteiger partial charge in [-0.05, 0) is 57.0 Å². The molecule has 8 nitrogen and oxygen atoms in total. The first-order valence-electron chi connectivity index (χ1n) is 11.2. The van der Waals surface area contributed by atoms with Crippen LogP contribution in [0.2, 0.25) is 0 Å². The second kappa shape index (κ2) is 9.14. The van der Waals surface area contributed by atoms with Gasteiger partial charge < -0.3 is 20.7 Å². The van der Waals surface area contributed by atoms with Crippen molar-refractivity contribution in [1.82, 2.24) is 24.8 Å². The number of fused-ring (bicyclic) bond motifs is 1. The molecule has 176 valence electrons. The fourth-order valence-electron chi connectivity index (χ4n) is 4.39. The highest BCUT2D eigenvalue weighted by atomic mass is 19.4. The first-order valence-corrected chi connectivity index (χ1v) is 11.2. The van der Waals surface area contributed by atoms with Crippen molar-refractivity contribution in [3.63, 3.8) is 0 Å². The van der Waals surface area contributed by atoms with Crippen LogP contribution in [0.25, 0.3) is 11.2 Å². The lowest BCUT2D eigenvalue weighted by atomic mass is 10.1. The number of benzene rings is 1. The minimum absolute atomic E-state index is 0.121. The predicted molar refractivity (Wildman–Crippen MR) is 119 cm³/mol. The summed E-state index contributed by atoms with van der Waals surface area (Å²) in [6, 6.07) is 5.50. The average Bonchev–Trinajstić information content (AvgIpc) is 3.17. The minimum Gasteiger partial charge on any atom is -0.381 e. The van der Waals surface area contributed by atoms with Crippen LogP contribution in [0.4, 0.5) is 30.8 Å². The Morgan fingerprint density at radius 2 is 1.85 bits per heavy atom. The number of ether oxygens (including phenoxy) is 1. The maximum atomic E-state index is 13.2. The Morgan fingerprint density at radius 3 is 2.61 bits per heavy atom. The van der Waals surface area contributed by atoms with E-state index in [4.69, 9.17) is 9.72 Å². The van der Waals surface area contributed by atoms with Gasteiger partial charge in [0.1, 0.15) is 5.52 Å². The standard InChI is InChI=1S/C22H26F3N7O/c23-22(24,25)14-2-1-3-16(12-14)29-21-30-18-13-27-20(28-15-6-10-33-11-7-15)31-19(18)32(21)17-4-8-26-9-5-17/h1-3,12-13,15,17,26H,4-11H2,(H,29,30)(H,27,28,31). The van der Waals surface area contributed by atoms with Gasteiger partial charge >= 0.3 is 6.18 Å². The molecule has 0 unspecified atom stereocenters. The molecule has 4 heterocycles. The summed E-state index contributed by atoms with van der Waals surface area (Å²) < 4.78 is 47.0. The van der Waals surface area contributed by atoms with E-state index in [1.165, 1.54) is 6.07 Å². The summed E-state index contributed by atoms with van der Waals surface area (Å²) in [5.41, 5.74) is 0.880. The van der Waals surface area contributed by atoms with Gasteiger partial charge in [-0.1, -0.05) is 6.07 Å². The molecule has 3 aromatic rings. The van der Waals surface area contributed by atoms with Crippen LogP contribution < -0.4 is 16.0 Å². The van der Waals surface area contributed by atoms with Gasteiger partial charge in [0.25, 0.3) is 0 Å². The highest BCUT2D eigenvalue weighted by Gasteiger charge is 2.31. The normalized spacial score (nSPS) is 18.5. The number of piperidine rings is 1. The summed E-state index contributed by atoms with van der Waals surface area (Å²) in [4.78, 5) is 13.8. The topological polar surface area (TPSA) is 88.9 Å². The molecule has 2 aliphatic rings. The monoisotopic (exact) mass is 461 g/mol. The largest absolute Gasteiger partial charge is 0.416 e. The second-order valence-corrected chi connectivity index (χ2v) is 8.42. The zero-order valence-electron chi connectivity index (χ0n) is 18.0. The molecule has 2 aliphatic heterocycles. The van der Waals surface area contributed by atoms with Crippen molar-refractivity contribution in [2.75, 3.05) is 36.9 Å². The molecule has 0 radical (unpaired) electrons. The van der Waals surface area contributed by atoms with Crippen LogP contribution in [0.1, 0.15) is 37.3 Å². The summed E-state index contributed by atoms with van der Waals surface area (Å²) in [7, 11) is 0. The number of imidazole rings is 1. The highest BCUT2D eigenvalue weighted by Crippen LogP contribution is 2.33. The lowest BCUT2D eigenvalue weighted by Gasteiger charge is -2.26. The SMILES string of the molecule is FC(F)(F)c1cccc(Nc2nc3cnc(NC4CCOCC4)nc3n2C2CCNCC2)c1. The molecule has 1 aromatic carbocycles. The molecule has 3 N–H and O–H groups in total. The molecule has 2 fully saturated rings. The fourth-order valence-corrected chi connectivity index (χ4v) is 4.39. The van der Waals surface area contributed by atoms with Crippen molar-refractivity contribution < 1.29 is 17.9 Å². The van der Waals surface area contributed by atoms with Crippen molar-refractivity contribution >= 4 is 28.7 Å². The Hall–Kier alpha value is -2.92. The molecule has 0 amide bonds. The number of nitrogens with one attached hydrogen (secondary N) is 3. The Kier molecular flexibility index (Phi) is 6.07. The van der Waals surface area contributed by atoms with Crippen LogP contribution in [0, 0.1) is 0 Å². The van der Waals surface area contributed by atoms with Crippen molar-refractivity contribution in [2.45, 2.75) is 43.9 Å². The lowest BCUT2D eigenvalue weighted by Crippen LogP contribution is -2.30. The number of hydrogen-bond donors (Lipinski definition) is 3. The third-order valence-electron chi connectivity index (χ3n) is 6.11. The number of aromatic nitrogens is 4. The summed E-state index contributed by atoms with van der Waals surface area (Å²) >= 11 is 0. The summed E-state index contributed by atoms with van der Waals surface area (Å²) in [6.07, 6.45) is 0.765. The van der Waals surface area contributed by atoms with E-state index in [0.717, 1.165) is 50.9 Å². The summed E-state index contributed by atoms with van der Waals surface area (Å²) in [5.74, 6) is 0.990. The summed E-state index contributed by atoms with van der Waals surface area (Å²) in [5, 5.41) is 9.83. The van der Waals surface area contributed by atoms with Crippen LogP contribution in [0.15, 0.2) is 30.5 Å². The van der Waals surface area contributed by atoms with E-state index in [2.05, 4.69) is 25.9 Å². The smallest absolute Gasteiger partial charge is 0.381 e. The van der Waals surface area contributed by atoms with Crippen molar-refractivity contribution in [2.24, 2.45) is 0 Å². The first kappa shape index (κ1) is 21.9. The van der Waals surface area contributed by atoms with Crippen LogP contribution in [-0.2, 0) is 10.9 Å². The van der Waals surface area contributed by atoms with Gasteiger partial charge in [0.15, 0.2) is 5.65 Å². The quantitative estimate of drug-likeness (QED) is 0.527. The summed E-state index contributed by atoms with van der Waals surface area (Å²) in [6.45, 7) is 3.12. The first-order chi connectivity index (χ1) is 16.0. The van der Waals surface area contributed by atoms with Crippen LogP contribution in [0.3, 0.4) is 0 Å². The van der Waals surface area contributed by atoms with Gasteiger partial charge in [0, 0.05) is 31.0 Å². The zero-order chi connectivity index (χ0) is 22.8. The number of alkyl halides is 3. The molecule has 0 aliphatic carbocycles. The maximum Gasteiger partial charge on any atom is 0.416 e. The van der Waals surface area contributed by atoms with E-state index in [-0.39, 0.29) is 12.1 Å². The van der Waals surface area contributed by atoms with E-state index in [0.29, 0.717) is 42.0 Å². The molecular weight excluding hydrogens is 435 g/mol. The van der Waals surface area contributed by atoms with Gasteiger partial charge in [-0.2, -0.15) is 18.2 Å². The molecule has 5 rings (SSSR count). The van der Waals surface area contributed by atoms with Crippen LogP contribution >= 0.6 is 0 Å². The molecule has 11 heteroatoms. The van der Waals surface area contributed by atoms with E-state index in [1.54, 1.807) is 12.3 Å². The second-order valence-electron chi connectivity index (χ2n) is 8.42. The predicted octanol–water partition coefficient (Wildman–Crippen LogP) is 4.10.